The van der Waals surface area contributed by atoms with Crippen molar-refractivity contribution in [3.05, 3.63) is 26.3 Å². The van der Waals surface area contributed by atoms with Crippen molar-refractivity contribution in [2.75, 3.05) is 18.5 Å². The predicted molar refractivity (Wildman–Crippen MR) is 80.0 cm³/mol. The molecule has 1 aromatic heterocycles. The summed E-state index contributed by atoms with van der Waals surface area (Å²) in [4.78, 5) is 14.6. The molecule has 0 spiro atoms. The normalized spacial score (nSPS) is 21.9. The van der Waals surface area contributed by atoms with Crippen molar-refractivity contribution < 1.29 is 9.66 Å². The molecule has 1 aliphatic rings. The number of nitrogens with one attached hydrogen (secondary N) is 1. The molecular weight excluding hydrogens is 326 g/mol. The number of anilines is 1. The lowest BCUT2D eigenvalue weighted by atomic mass is 10.00. The maximum atomic E-state index is 10.8. The molecule has 0 aliphatic carbocycles. The number of aromatic nitrogens is 1. The summed E-state index contributed by atoms with van der Waals surface area (Å²) in [7, 11) is 0. The number of hydrogen-bond donors (Lipinski definition) is 1. The van der Waals surface area contributed by atoms with E-state index in [1.165, 1.54) is 6.20 Å². The van der Waals surface area contributed by atoms with Gasteiger partial charge in [-0.25, -0.2) is 4.98 Å². The summed E-state index contributed by atoms with van der Waals surface area (Å²) in [5.74, 6) is 1.11. The molecule has 1 saturated heterocycles. The molecule has 20 heavy (non-hydrogen) atoms. The second kappa shape index (κ2) is 6.49. The Morgan fingerprint density at radius 2 is 2.40 bits per heavy atom. The summed E-state index contributed by atoms with van der Waals surface area (Å²) < 4.78 is 6.30. The molecule has 6 nitrogen and oxygen atoms in total. The SMILES string of the molecule is CCC1OCCC1CNc1ncc([N+](=O)[O-])c(C)c1Br. The summed E-state index contributed by atoms with van der Waals surface area (Å²) in [6.07, 6.45) is 3.63. The van der Waals surface area contributed by atoms with Gasteiger partial charge in [-0.15, -0.1) is 0 Å². The van der Waals surface area contributed by atoms with E-state index in [0.717, 1.165) is 26.0 Å². The lowest BCUT2D eigenvalue weighted by Crippen LogP contribution is -2.23. The van der Waals surface area contributed by atoms with Gasteiger partial charge in [0.15, 0.2) is 0 Å². The standard InChI is InChI=1S/C13H18BrN3O3/c1-3-11-9(4-5-20-11)6-15-13-12(14)8(2)10(7-16-13)17(18)19/h7,9,11H,3-6H2,1-2H3,(H,15,16). The minimum atomic E-state index is -0.422. The minimum Gasteiger partial charge on any atom is -0.378 e. The van der Waals surface area contributed by atoms with Crippen LogP contribution < -0.4 is 5.32 Å². The van der Waals surface area contributed by atoms with Gasteiger partial charge in [-0.3, -0.25) is 10.1 Å². The van der Waals surface area contributed by atoms with E-state index in [-0.39, 0.29) is 5.69 Å². The molecule has 0 radical (unpaired) electrons. The molecule has 0 bridgehead atoms. The van der Waals surface area contributed by atoms with E-state index in [9.17, 15) is 10.1 Å². The smallest absolute Gasteiger partial charge is 0.291 e. The highest BCUT2D eigenvalue weighted by Crippen LogP contribution is 2.31. The molecule has 0 aromatic carbocycles. The molecule has 2 unspecified atom stereocenters. The van der Waals surface area contributed by atoms with Gasteiger partial charge in [0, 0.05) is 24.6 Å². The number of nitro groups is 1. The van der Waals surface area contributed by atoms with Crippen LogP contribution in [-0.2, 0) is 4.74 Å². The molecule has 2 heterocycles. The van der Waals surface area contributed by atoms with Crippen LogP contribution in [0.1, 0.15) is 25.3 Å². The molecule has 2 atom stereocenters. The topological polar surface area (TPSA) is 77.3 Å². The lowest BCUT2D eigenvalue weighted by Gasteiger charge is -2.18. The third-order valence-corrected chi connectivity index (χ3v) is 4.68. The molecule has 1 aliphatic heterocycles. The fourth-order valence-corrected chi connectivity index (χ4v) is 2.93. The van der Waals surface area contributed by atoms with Crippen LogP contribution in [0.15, 0.2) is 10.7 Å². The quantitative estimate of drug-likeness (QED) is 0.655. The first-order chi connectivity index (χ1) is 9.54. The van der Waals surface area contributed by atoms with Crippen molar-refractivity contribution in [2.45, 2.75) is 32.8 Å². The highest BCUT2D eigenvalue weighted by molar-refractivity contribution is 9.10. The van der Waals surface area contributed by atoms with E-state index in [4.69, 9.17) is 4.74 Å². The summed E-state index contributed by atoms with van der Waals surface area (Å²) in [5, 5.41) is 14.1. The van der Waals surface area contributed by atoms with Gasteiger partial charge in [0.25, 0.3) is 5.69 Å². The first-order valence-electron chi connectivity index (χ1n) is 6.69. The number of hydrogen-bond acceptors (Lipinski definition) is 5. The van der Waals surface area contributed by atoms with Crippen LogP contribution in [-0.4, -0.2) is 29.2 Å². The Bertz CT molecular complexity index is 510. The Morgan fingerprint density at radius 3 is 3.05 bits per heavy atom. The highest BCUT2D eigenvalue weighted by Gasteiger charge is 2.27. The fourth-order valence-electron chi connectivity index (χ4n) is 2.48. The van der Waals surface area contributed by atoms with Crippen LogP contribution in [0, 0.1) is 23.0 Å². The Balaban J connectivity index is 2.07. The maximum absolute atomic E-state index is 10.8. The van der Waals surface area contributed by atoms with Crippen LogP contribution in [0.2, 0.25) is 0 Å². The van der Waals surface area contributed by atoms with E-state index in [1.807, 2.05) is 0 Å². The Labute approximate surface area is 126 Å². The van der Waals surface area contributed by atoms with Gasteiger partial charge in [0.05, 0.1) is 15.5 Å². The molecule has 7 heteroatoms. The van der Waals surface area contributed by atoms with Crippen LogP contribution >= 0.6 is 15.9 Å². The molecular formula is C13H18BrN3O3. The van der Waals surface area contributed by atoms with Gasteiger partial charge in [-0.05, 0) is 35.7 Å². The summed E-state index contributed by atoms with van der Waals surface area (Å²) in [6, 6.07) is 0. The number of ether oxygens (including phenoxy) is 1. The van der Waals surface area contributed by atoms with Gasteiger partial charge in [0.2, 0.25) is 0 Å². The van der Waals surface area contributed by atoms with E-state index < -0.39 is 4.92 Å². The predicted octanol–water partition coefficient (Wildman–Crippen LogP) is 3.29. The van der Waals surface area contributed by atoms with Gasteiger partial charge < -0.3 is 10.1 Å². The van der Waals surface area contributed by atoms with Crippen LogP contribution in [0.25, 0.3) is 0 Å². The third kappa shape index (κ3) is 3.09. The Kier molecular flexibility index (Phi) is 4.93. The minimum absolute atomic E-state index is 0.0260. The van der Waals surface area contributed by atoms with Gasteiger partial charge in [-0.2, -0.15) is 0 Å². The molecule has 110 valence electrons. The van der Waals surface area contributed by atoms with Gasteiger partial charge in [-0.1, -0.05) is 6.92 Å². The summed E-state index contributed by atoms with van der Waals surface area (Å²) in [6.45, 7) is 5.40. The number of rotatable bonds is 5. The zero-order valence-corrected chi connectivity index (χ0v) is 13.1. The molecule has 1 N–H and O–H groups in total. The fraction of sp³-hybridized carbons (Fsp3) is 0.615. The Hall–Kier alpha value is -1.21. The third-order valence-electron chi connectivity index (χ3n) is 3.71. The number of nitrogens with zero attached hydrogens (tertiary/aromatic N) is 2. The van der Waals surface area contributed by atoms with Gasteiger partial charge in [0.1, 0.15) is 12.0 Å². The second-order valence-corrected chi connectivity index (χ2v) is 5.73. The first-order valence-corrected chi connectivity index (χ1v) is 7.48. The average molecular weight is 344 g/mol. The van der Waals surface area contributed by atoms with Gasteiger partial charge >= 0.3 is 0 Å². The first kappa shape index (κ1) is 15.2. The Morgan fingerprint density at radius 1 is 1.65 bits per heavy atom. The molecule has 1 aromatic rings. The molecule has 2 rings (SSSR count). The van der Waals surface area contributed by atoms with Crippen molar-refractivity contribution in [2.24, 2.45) is 5.92 Å². The van der Waals surface area contributed by atoms with E-state index in [1.54, 1.807) is 6.92 Å². The maximum Gasteiger partial charge on any atom is 0.291 e. The van der Waals surface area contributed by atoms with Crippen LogP contribution in [0.5, 0.6) is 0 Å². The largest absolute Gasteiger partial charge is 0.378 e. The van der Waals surface area contributed by atoms with Crippen molar-refractivity contribution in [3.63, 3.8) is 0 Å². The van der Waals surface area contributed by atoms with E-state index in [2.05, 4.69) is 33.2 Å². The zero-order chi connectivity index (χ0) is 14.7. The summed E-state index contributed by atoms with van der Waals surface area (Å²) >= 11 is 3.38. The molecule has 1 fully saturated rings. The van der Waals surface area contributed by atoms with Crippen molar-refractivity contribution in [3.8, 4) is 0 Å². The molecule has 0 saturated carbocycles. The van der Waals surface area contributed by atoms with Crippen molar-refractivity contribution in [1.29, 1.82) is 0 Å². The van der Waals surface area contributed by atoms with Crippen LogP contribution in [0.4, 0.5) is 11.5 Å². The summed E-state index contributed by atoms with van der Waals surface area (Å²) in [5.41, 5.74) is 0.611. The zero-order valence-electron chi connectivity index (χ0n) is 11.6. The second-order valence-electron chi connectivity index (χ2n) is 4.94. The van der Waals surface area contributed by atoms with Crippen LogP contribution in [0.3, 0.4) is 0 Å². The van der Waals surface area contributed by atoms with E-state index >= 15 is 0 Å². The average Bonchev–Trinajstić information content (AvgIpc) is 2.87. The van der Waals surface area contributed by atoms with E-state index in [0.29, 0.717) is 27.9 Å². The number of pyridine rings is 1. The van der Waals surface area contributed by atoms with Crippen molar-refractivity contribution in [1.82, 2.24) is 4.98 Å². The molecule has 0 amide bonds. The monoisotopic (exact) mass is 343 g/mol. The number of halogens is 1. The van der Waals surface area contributed by atoms with Crippen molar-refractivity contribution >= 4 is 27.4 Å². The highest BCUT2D eigenvalue weighted by atomic mass is 79.9. The lowest BCUT2D eigenvalue weighted by molar-refractivity contribution is -0.385.